The van der Waals surface area contributed by atoms with Gasteiger partial charge in [-0.15, -0.1) is 0 Å². The van der Waals surface area contributed by atoms with Crippen molar-refractivity contribution in [3.63, 3.8) is 0 Å². The number of hydrogen-bond acceptors (Lipinski definition) is 3. The van der Waals surface area contributed by atoms with E-state index in [1.165, 1.54) is 0 Å². The Morgan fingerprint density at radius 3 is 2.50 bits per heavy atom. The molecule has 3 heteroatoms. The lowest BCUT2D eigenvalue weighted by Crippen LogP contribution is -1.96. The van der Waals surface area contributed by atoms with Gasteiger partial charge in [0.25, 0.3) is 0 Å². The summed E-state index contributed by atoms with van der Waals surface area (Å²) in [6.07, 6.45) is 0.554. The van der Waals surface area contributed by atoms with Crippen LogP contribution in [0.5, 0.6) is 11.5 Å². The minimum absolute atomic E-state index is 0.270. The minimum atomic E-state index is 0.270. The van der Waals surface area contributed by atoms with Gasteiger partial charge in [-0.05, 0) is 48.7 Å². The molecule has 4 N–H and O–H groups in total. The first-order chi connectivity index (χ1) is 8.49. The summed E-state index contributed by atoms with van der Waals surface area (Å²) in [4.78, 5) is 0. The smallest absolute Gasteiger partial charge is 0.122 e. The minimum Gasteiger partial charge on any atom is -0.508 e. The Bertz CT molecular complexity index is 591. The molecule has 2 rings (SSSR count). The number of phenols is 2. The van der Waals surface area contributed by atoms with Gasteiger partial charge in [-0.1, -0.05) is 12.1 Å². The summed E-state index contributed by atoms with van der Waals surface area (Å²) >= 11 is 0. The van der Waals surface area contributed by atoms with Crippen molar-refractivity contribution in [2.45, 2.75) is 20.3 Å². The van der Waals surface area contributed by atoms with E-state index in [0.29, 0.717) is 12.1 Å². The molecule has 0 heterocycles. The molecule has 2 aromatic carbocycles. The fourth-order valence-corrected chi connectivity index (χ4v) is 2.08. The standard InChI is InChI=1S/C15H17NO2/c1-9-6-13(16)8-12(15(9)18)7-11-4-3-5-14(17)10(11)2/h3-6,8,17-18H,7,16H2,1-2H3. The van der Waals surface area contributed by atoms with Gasteiger partial charge in [-0.25, -0.2) is 0 Å². The zero-order valence-electron chi connectivity index (χ0n) is 10.6. The number of nitrogens with two attached hydrogens (primary N) is 1. The lowest BCUT2D eigenvalue weighted by atomic mass is 9.97. The molecular formula is C15H17NO2. The number of phenolic OH excluding ortho intramolecular Hbond substituents is 2. The molecule has 0 radical (unpaired) electrons. The maximum atomic E-state index is 10.0. The van der Waals surface area contributed by atoms with E-state index in [1.807, 2.05) is 19.9 Å². The molecule has 2 aromatic rings. The van der Waals surface area contributed by atoms with Crippen LogP contribution in [0.3, 0.4) is 0 Å². The summed E-state index contributed by atoms with van der Waals surface area (Å²) in [6.45, 7) is 3.69. The maximum Gasteiger partial charge on any atom is 0.122 e. The molecule has 0 bridgehead atoms. The quantitative estimate of drug-likeness (QED) is 0.561. The first-order valence-corrected chi connectivity index (χ1v) is 5.84. The molecule has 0 saturated carbocycles. The molecule has 94 valence electrons. The zero-order valence-corrected chi connectivity index (χ0v) is 10.6. The predicted molar refractivity (Wildman–Crippen MR) is 72.9 cm³/mol. The number of rotatable bonds is 2. The molecule has 0 fully saturated rings. The Morgan fingerprint density at radius 2 is 1.78 bits per heavy atom. The average Bonchev–Trinajstić information content (AvgIpc) is 2.31. The molecular weight excluding hydrogens is 226 g/mol. The summed E-state index contributed by atoms with van der Waals surface area (Å²) < 4.78 is 0. The normalized spacial score (nSPS) is 10.6. The summed E-state index contributed by atoms with van der Waals surface area (Å²) in [5.41, 5.74) is 9.78. The van der Waals surface area contributed by atoms with Crippen molar-refractivity contribution in [3.05, 3.63) is 52.6 Å². The highest BCUT2D eigenvalue weighted by molar-refractivity contribution is 5.54. The van der Waals surface area contributed by atoms with Crippen LogP contribution in [0.4, 0.5) is 5.69 Å². The zero-order chi connectivity index (χ0) is 13.3. The van der Waals surface area contributed by atoms with Gasteiger partial charge in [0.05, 0.1) is 0 Å². The van der Waals surface area contributed by atoms with Gasteiger partial charge < -0.3 is 15.9 Å². The molecule has 0 aliphatic rings. The van der Waals surface area contributed by atoms with Crippen LogP contribution in [0.2, 0.25) is 0 Å². The van der Waals surface area contributed by atoms with Crippen molar-refractivity contribution in [2.24, 2.45) is 0 Å². The van der Waals surface area contributed by atoms with Crippen molar-refractivity contribution in [1.29, 1.82) is 0 Å². The molecule has 0 aromatic heterocycles. The van der Waals surface area contributed by atoms with E-state index >= 15 is 0 Å². The van der Waals surface area contributed by atoms with E-state index in [4.69, 9.17) is 5.73 Å². The topological polar surface area (TPSA) is 66.5 Å². The van der Waals surface area contributed by atoms with E-state index < -0.39 is 0 Å². The van der Waals surface area contributed by atoms with Crippen LogP contribution < -0.4 is 5.73 Å². The summed E-state index contributed by atoms with van der Waals surface area (Å²) in [7, 11) is 0. The van der Waals surface area contributed by atoms with Crippen molar-refractivity contribution in [2.75, 3.05) is 5.73 Å². The molecule has 0 atom stereocenters. The third-order valence-electron chi connectivity index (χ3n) is 3.20. The van der Waals surface area contributed by atoms with E-state index in [2.05, 4.69) is 0 Å². The van der Waals surface area contributed by atoms with Crippen LogP contribution in [0, 0.1) is 13.8 Å². The number of anilines is 1. The van der Waals surface area contributed by atoms with Gasteiger partial charge in [0.1, 0.15) is 11.5 Å². The Labute approximate surface area is 107 Å². The van der Waals surface area contributed by atoms with Crippen LogP contribution in [0.25, 0.3) is 0 Å². The highest BCUT2D eigenvalue weighted by atomic mass is 16.3. The third-order valence-corrected chi connectivity index (χ3v) is 3.20. The SMILES string of the molecule is Cc1cc(N)cc(Cc2cccc(O)c2C)c1O. The van der Waals surface area contributed by atoms with Gasteiger partial charge in [-0.2, -0.15) is 0 Å². The maximum absolute atomic E-state index is 10.0. The van der Waals surface area contributed by atoms with Gasteiger partial charge in [-0.3, -0.25) is 0 Å². The number of hydrogen-bond donors (Lipinski definition) is 3. The van der Waals surface area contributed by atoms with Crippen molar-refractivity contribution in [3.8, 4) is 11.5 Å². The van der Waals surface area contributed by atoms with Crippen molar-refractivity contribution in [1.82, 2.24) is 0 Å². The van der Waals surface area contributed by atoms with Gasteiger partial charge in [0.2, 0.25) is 0 Å². The van der Waals surface area contributed by atoms with Crippen LogP contribution in [0.15, 0.2) is 30.3 Å². The van der Waals surface area contributed by atoms with Crippen LogP contribution >= 0.6 is 0 Å². The molecule has 0 aliphatic carbocycles. The van der Waals surface area contributed by atoms with E-state index in [0.717, 1.165) is 22.3 Å². The molecule has 0 spiro atoms. The summed E-state index contributed by atoms with van der Waals surface area (Å²) in [6, 6.07) is 8.91. The number of aromatic hydroxyl groups is 2. The van der Waals surface area contributed by atoms with E-state index in [-0.39, 0.29) is 11.5 Å². The Kier molecular flexibility index (Phi) is 3.15. The van der Waals surface area contributed by atoms with Gasteiger partial charge in [0, 0.05) is 17.7 Å². The molecule has 18 heavy (non-hydrogen) atoms. The molecule has 0 amide bonds. The summed E-state index contributed by atoms with van der Waals surface area (Å²) in [5, 5.41) is 19.7. The second kappa shape index (κ2) is 4.61. The molecule has 0 unspecified atom stereocenters. The fourth-order valence-electron chi connectivity index (χ4n) is 2.08. The largest absolute Gasteiger partial charge is 0.508 e. The first kappa shape index (κ1) is 12.3. The monoisotopic (exact) mass is 243 g/mol. The lowest BCUT2D eigenvalue weighted by molar-refractivity contribution is 0.463. The Hall–Kier alpha value is -2.16. The molecule has 3 nitrogen and oxygen atoms in total. The number of nitrogen functional groups attached to an aromatic ring is 1. The Morgan fingerprint density at radius 1 is 1.06 bits per heavy atom. The average molecular weight is 243 g/mol. The third kappa shape index (κ3) is 2.25. The molecule has 0 aliphatic heterocycles. The second-order valence-electron chi connectivity index (χ2n) is 4.58. The summed E-state index contributed by atoms with van der Waals surface area (Å²) in [5.74, 6) is 0.541. The number of benzene rings is 2. The van der Waals surface area contributed by atoms with E-state index in [9.17, 15) is 10.2 Å². The van der Waals surface area contributed by atoms with Gasteiger partial charge >= 0.3 is 0 Å². The highest BCUT2D eigenvalue weighted by Crippen LogP contribution is 2.29. The fraction of sp³-hybridized carbons (Fsp3) is 0.200. The van der Waals surface area contributed by atoms with Crippen LogP contribution in [-0.4, -0.2) is 10.2 Å². The van der Waals surface area contributed by atoms with Crippen molar-refractivity contribution < 1.29 is 10.2 Å². The van der Waals surface area contributed by atoms with Crippen molar-refractivity contribution >= 4 is 5.69 Å². The highest BCUT2D eigenvalue weighted by Gasteiger charge is 2.09. The number of aryl methyl sites for hydroxylation is 1. The Balaban J connectivity index is 2.43. The van der Waals surface area contributed by atoms with Crippen LogP contribution in [0.1, 0.15) is 22.3 Å². The lowest BCUT2D eigenvalue weighted by Gasteiger charge is -2.11. The molecule has 0 saturated heterocycles. The second-order valence-corrected chi connectivity index (χ2v) is 4.58. The van der Waals surface area contributed by atoms with Crippen LogP contribution in [-0.2, 0) is 6.42 Å². The first-order valence-electron chi connectivity index (χ1n) is 5.84. The predicted octanol–water partition coefficient (Wildman–Crippen LogP) is 2.89. The van der Waals surface area contributed by atoms with Gasteiger partial charge in [0.15, 0.2) is 0 Å². The van der Waals surface area contributed by atoms with E-state index in [1.54, 1.807) is 24.3 Å².